The molecule has 3 nitrogen and oxygen atoms in total. The summed E-state index contributed by atoms with van der Waals surface area (Å²) in [6.45, 7) is 5.28. The number of amides is 1. The largest absolute Gasteiger partial charge is 0.366 e. The maximum absolute atomic E-state index is 10.9. The number of primary amides is 1. The minimum Gasteiger partial charge on any atom is -0.366 e. The number of carbonyl (C=O) groups excluding carboxylic acids is 1. The van der Waals surface area contributed by atoms with Crippen molar-refractivity contribution in [3.05, 3.63) is 48.0 Å². The number of nitrogens with two attached hydrogens (primary N) is 1. The summed E-state index contributed by atoms with van der Waals surface area (Å²) in [6.07, 6.45) is 2.81. The zero-order valence-corrected chi connectivity index (χ0v) is 8.70. The van der Waals surface area contributed by atoms with Crippen molar-refractivity contribution in [2.24, 2.45) is 5.73 Å². The molecule has 1 amide bonds. The highest BCUT2D eigenvalue weighted by Gasteiger charge is 2.00. The molecule has 80 valence electrons. The van der Waals surface area contributed by atoms with Gasteiger partial charge in [-0.2, -0.15) is 0 Å². The normalized spacial score (nSPS) is 9.87. The van der Waals surface area contributed by atoms with E-state index in [0.29, 0.717) is 5.56 Å². The second-order valence-electron chi connectivity index (χ2n) is 3.32. The van der Waals surface area contributed by atoms with E-state index < -0.39 is 0 Å². The molecular weight excluding hydrogens is 188 g/mol. The number of nitrogens with one attached hydrogen (secondary N) is 1. The molecule has 0 aliphatic rings. The predicted octanol–water partition coefficient (Wildman–Crippen LogP) is 1.45. The fraction of sp³-hybridized carbons (Fsp3) is 0.250. The SMILES string of the molecule is C=CCCNCc1cccc(C(N)=O)c1. The lowest BCUT2D eigenvalue weighted by Gasteiger charge is -2.04. The van der Waals surface area contributed by atoms with Crippen LogP contribution in [0.2, 0.25) is 0 Å². The van der Waals surface area contributed by atoms with E-state index in [1.807, 2.05) is 24.3 Å². The van der Waals surface area contributed by atoms with E-state index in [9.17, 15) is 4.79 Å². The fourth-order valence-electron chi connectivity index (χ4n) is 1.27. The molecule has 0 aliphatic carbocycles. The summed E-state index contributed by atoms with van der Waals surface area (Å²) in [6, 6.07) is 7.33. The third-order valence-electron chi connectivity index (χ3n) is 2.07. The first-order valence-corrected chi connectivity index (χ1v) is 4.94. The molecule has 1 rings (SSSR count). The molecule has 0 aliphatic heterocycles. The first kappa shape index (κ1) is 11.5. The molecule has 1 aromatic carbocycles. The number of benzene rings is 1. The van der Waals surface area contributed by atoms with Crippen molar-refractivity contribution >= 4 is 5.91 Å². The Labute approximate surface area is 90.0 Å². The Morgan fingerprint density at radius 2 is 2.33 bits per heavy atom. The number of rotatable bonds is 6. The van der Waals surface area contributed by atoms with Crippen molar-refractivity contribution in [3.63, 3.8) is 0 Å². The van der Waals surface area contributed by atoms with Crippen LogP contribution in [-0.4, -0.2) is 12.5 Å². The summed E-state index contributed by atoms with van der Waals surface area (Å²) >= 11 is 0. The molecular formula is C12H16N2O. The molecule has 0 heterocycles. The molecule has 3 N–H and O–H groups in total. The second-order valence-corrected chi connectivity index (χ2v) is 3.32. The first-order valence-electron chi connectivity index (χ1n) is 4.94. The summed E-state index contributed by atoms with van der Waals surface area (Å²) in [5, 5.41) is 3.25. The van der Waals surface area contributed by atoms with Crippen molar-refractivity contribution in [1.29, 1.82) is 0 Å². The molecule has 0 spiro atoms. The van der Waals surface area contributed by atoms with E-state index >= 15 is 0 Å². The highest BCUT2D eigenvalue weighted by molar-refractivity contribution is 5.92. The molecule has 1 aromatic rings. The quantitative estimate of drug-likeness (QED) is 0.544. The van der Waals surface area contributed by atoms with Crippen LogP contribution in [0, 0.1) is 0 Å². The molecule has 0 radical (unpaired) electrons. The summed E-state index contributed by atoms with van der Waals surface area (Å²) in [4.78, 5) is 10.9. The van der Waals surface area contributed by atoms with E-state index in [-0.39, 0.29) is 5.91 Å². The molecule has 0 aromatic heterocycles. The molecule has 0 atom stereocenters. The van der Waals surface area contributed by atoms with Crippen LogP contribution in [0.4, 0.5) is 0 Å². The zero-order valence-electron chi connectivity index (χ0n) is 8.70. The maximum atomic E-state index is 10.9. The topological polar surface area (TPSA) is 55.1 Å². The van der Waals surface area contributed by atoms with Crippen LogP contribution < -0.4 is 11.1 Å². The lowest BCUT2D eigenvalue weighted by Crippen LogP contribution is -2.15. The smallest absolute Gasteiger partial charge is 0.248 e. The Hall–Kier alpha value is -1.61. The zero-order chi connectivity index (χ0) is 11.1. The van der Waals surface area contributed by atoms with Gasteiger partial charge in [-0.3, -0.25) is 4.79 Å². The van der Waals surface area contributed by atoms with Gasteiger partial charge in [0, 0.05) is 12.1 Å². The molecule has 0 saturated carbocycles. The van der Waals surface area contributed by atoms with Gasteiger partial charge in [-0.25, -0.2) is 0 Å². The van der Waals surface area contributed by atoms with E-state index in [0.717, 1.165) is 25.1 Å². The molecule has 3 heteroatoms. The van der Waals surface area contributed by atoms with Crippen molar-refractivity contribution in [1.82, 2.24) is 5.32 Å². The van der Waals surface area contributed by atoms with Gasteiger partial charge in [0.1, 0.15) is 0 Å². The lowest BCUT2D eigenvalue weighted by atomic mass is 10.1. The monoisotopic (exact) mass is 204 g/mol. The van der Waals surface area contributed by atoms with Gasteiger partial charge in [0.15, 0.2) is 0 Å². The molecule has 0 unspecified atom stereocenters. The number of hydrogen-bond acceptors (Lipinski definition) is 2. The van der Waals surface area contributed by atoms with E-state index in [4.69, 9.17) is 5.73 Å². The van der Waals surface area contributed by atoms with Crippen LogP contribution in [0.15, 0.2) is 36.9 Å². The summed E-state index contributed by atoms with van der Waals surface area (Å²) in [7, 11) is 0. The van der Waals surface area contributed by atoms with Crippen molar-refractivity contribution in [2.75, 3.05) is 6.54 Å². The first-order chi connectivity index (χ1) is 7.24. The second kappa shape index (κ2) is 5.98. The average Bonchev–Trinajstić information content (AvgIpc) is 2.25. The van der Waals surface area contributed by atoms with Crippen molar-refractivity contribution in [3.8, 4) is 0 Å². The van der Waals surface area contributed by atoms with Gasteiger partial charge < -0.3 is 11.1 Å². The van der Waals surface area contributed by atoms with Crippen LogP contribution in [0.25, 0.3) is 0 Å². The van der Waals surface area contributed by atoms with Crippen molar-refractivity contribution in [2.45, 2.75) is 13.0 Å². The Morgan fingerprint density at radius 3 is 3.00 bits per heavy atom. The third kappa shape index (κ3) is 3.95. The Kier molecular flexibility index (Phi) is 4.57. The van der Waals surface area contributed by atoms with Gasteiger partial charge in [-0.1, -0.05) is 18.2 Å². The van der Waals surface area contributed by atoms with E-state index in [1.54, 1.807) is 6.07 Å². The van der Waals surface area contributed by atoms with Crippen LogP contribution in [0.1, 0.15) is 22.3 Å². The minimum atomic E-state index is -0.386. The Bertz CT molecular complexity index is 347. The Balaban J connectivity index is 2.50. The number of carbonyl (C=O) groups is 1. The average molecular weight is 204 g/mol. The summed E-state index contributed by atoms with van der Waals surface area (Å²) in [5.41, 5.74) is 6.81. The molecule has 15 heavy (non-hydrogen) atoms. The van der Waals surface area contributed by atoms with Gasteiger partial charge in [0.2, 0.25) is 5.91 Å². The van der Waals surface area contributed by atoms with Gasteiger partial charge >= 0.3 is 0 Å². The van der Waals surface area contributed by atoms with Crippen LogP contribution in [0.5, 0.6) is 0 Å². The molecule has 0 bridgehead atoms. The standard InChI is InChI=1S/C12H16N2O/c1-2-3-7-14-9-10-5-4-6-11(8-10)12(13)15/h2,4-6,8,14H,1,3,7,9H2,(H2,13,15). The van der Waals surface area contributed by atoms with Gasteiger partial charge in [0.25, 0.3) is 0 Å². The summed E-state index contributed by atoms with van der Waals surface area (Å²) < 4.78 is 0. The van der Waals surface area contributed by atoms with Crippen LogP contribution in [0.3, 0.4) is 0 Å². The highest BCUT2D eigenvalue weighted by Crippen LogP contribution is 2.04. The molecule has 0 saturated heterocycles. The molecule has 0 fully saturated rings. The Morgan fingerprint density at radius 1 is 1.53 bits per heavy atom. The maximum Gasteiger partial charge on any atom is 0.248 e. The third-order valence-corrected chi connectivity index (χ3v) is 2.07. The number of hydrogen-bond donors (Lipinski definition) is 2. The van der Waals surface area contributed by atoms with Gasteiger partial charge in [-0.05, 0) is 30.7 Å². The fourth-order valence-corrected chi connectivity index (χ4v) is 1.27. The van der Waals surface area contributed by atoms with Crippen LogP contribution in [-0.2, 0) is 6.54 Å². The van der Waals surface area contributed by atoms with E-state index in [2.05, 4.69) is 11.9 Å². The minimum absolute atomic E-state index is 0.386. The van der Waals surface area contributed by atoms with Crippen LogP contribution >= 0.6 is 0 Å². The summed E-state index contributed by atoms with van der Waals surface area (Å²) in [5.74, 6) is -0.386. The van der Waals surface area contributed by atoms with Gasteiger partial charge in [0.05, 0.1) is 0 Å². The predicted molar refractivity (Wildman–Crippen MR) is 61.5 cm³/mol. The van der Waals surface area contributed by atoms with Crippen molar-refractivity contribution < 1.29 is 4.79 Å². The van der Waals surface area contributed by atoms with Gasteiger partial charge in [-0.15, -0.1) is 6.58 Å². The highest BCUT2D eigenvalue weighted by atomic mass is 16.1. The van der Waals surface area contributed by atoms with E-state index in [1.165, 1.54) is 0 Å². The lowest BCUT2D eigenvalue weighted by molar-refractivity contribution is 0.1000.